The van der Waals surface area contributed by atoms with Gasteiger partial charge in [0.05, 0.1) is 6.10 Å². The Kier molecular flexibility index (Phi) is 5.86. The standard InChI is InChI=1S/C15H24N2O2S/c1-17(10-13-4-2-3-5-14(13)18)15(19)16-8-6-12-7-9-20-11-12/h7,9,11,13-14,18H,2-6,8,10H2,1H3,(H,16,19)/t13-,14+/m1/s1. The summed E-state index contributed by atoms with van der Waals surface area (Å²) in [6.07, 6.45) is 4.79. The lowest BCUT2D eigenvalue weighted by Gasteiger charge is -2.31. The van der Waals surface area contributed by atoms with E-state index in [9.17, 15) is 9.90 Å². The predicted molar refractivity (Wildman–Crippen MR) is 82.0 cm³/mol. The molecule has 0 unspecified atom stereocenters. The van der Waals surface area contributed by atoms with Crippen LogP contribution >= 0.6 is 11.3 Å². The van der Waals surface area contributed by atoms with Crippen molar-refractivity contribution in [2.24, 2.45) is 5.92 Å². The number of carbonyl (C=O) groups excluding carboxylic acids is 1. The van der Waals surface area contributed by atoms with Crippen LogP contribution in [0.2, 0.25) is 0 Å². The van der Waals surface area contributed by atoms with Crippen molar-refractivity contribution in [3.05, 3.63) is 22.4 Å². The number of aliphatic hydroxyl groups excluding tert-OH is 1. The van der Waals surface area contributed by atoms with Gasteiger partial charge >= 0.3 is 6.03 Å². The first-order chi connectivity index (χ1) is 9.66. The van der Waals surface area contributed by atoms with E-state index in [0.29, 0.717) is 13.1 Å². The molecular weight excluding hydrogens is 272 g/mol. The van der Waals surface area contributed by atoms with Gasteiger partial charge in [0.1, 0.15) is 0 Å². The maximum absolute atomic E-state index is 12.0. The first kappa shape index (κ1) is 15.3. The fraction of sp³-hybridized carbons (Fsp3) is 0.667. The Labute approximate surface area is 124 Å². The molecule has 1 aromatic rings. The van der Waals surface area contributed by atoms with Crippen LogP contribution in [0, 0.1) is 5.92 Å². The van der Waals surface area contributed by atoms with Crippen molar-refractivity contribution in [1.82, 2.24) is 10.2 Å². The van der Waals surface area contributed by atoms with Crippen molar-refractivity contribution in [3.63, 3.8) is 0 Å². The number of carbonyl (C=O) groups is 1. The Hall–Kier alpha value is -1.07. The molecule has 1 heterocycles. The van der Waals surface area contributed by atoms with Gasteiger partial charge in [0.25, 0.3) is 0 Å². The van der Waals surface area contributed by atoms with Crippen LogP contribution < -0.4 is 5.32 Å². The van der Waals surface area contributed by atoms with E-state index in [2.05, 4.69) is 16.8 Å². The molecule has 5 heteroatoms. The van der Waals surface area contributed by atoms with Crippen molar-refractivity contribution < 1.29 is 9.90 Å². The lowest BCUT2D eigenvalue weighted by Crippen LogP contribution is -2.43. The van der Waals surface area contributed by atoms with Crippen LogP contribution in [0.5, 0.6) is 0 Å². The lowest BCUT2D eigenvalue weighted by atomic mass is 9.86. The molecule has 4 nitrogen and oxygen atoms in total. The van der Waals surface area contributed by atoms with Gasteiger partial charge in [-0.15, -0.1) is 0 Å². The second-order valence-corrected chi connectivity index (χ2v) is 6.39. The molecule has 0 aromatic carbocycles. The van der Waals surface area contributed by atoms with Gasteiger partial charge in [0, 0.05) is 26.1 Å². The molecule has 0 spiro atoms. The number of nitrogens with one attached hydrogen (secondary N) is 1. The number of hydrogen-bond acceptors (Lipinski definition) is 3. The monoisotopic (exact) mass is 296 g/mol. The highest BCUT2D eigenvalue weighted by molar-refractivity contribution is 7.07. The summed E-state index contributed by atoms with van der Waals surface area (Å²) in [6.45, 7) is 1.30. The normalized spacial score (nSPS) is 22.5. The zero-order valence-corrected chi connectivity index (χ0v) is 12.9. The van der Waals surface area contributed by atoms with Gasteiger partial charge in [0.2, 0.25) is 0 Å². The number of amides is 2. The number of thiophene rings is 1. The van der Waals surface area contributed by atoms with E-state index >= 15 is 0 Å². The van der Waals surface area contributed by atoms with Crippen LogP contribution in [0.3, 0.4) is 0 Å². The first-order valence-electron chi connectivity index (χ1n) is 7.35. The molecule has 1 aliphatic carbocycles. The van der Waals surface area contributed by atoms with E-state index < -0.39 is 0 Å². The zero-order valence-electron chi connectivity index (χ0n) is 12.0. The van der Waals surface area contributed by atoms with E-state index in [0.717, 1.165) is 32.1 Å². The number of rotatable bonds is 5. The third-order valence-corrected chi connectivity index (χ3v) is 4.73. The third-order valence-electron chi connectivity index (χ3n) is 3.99. The van der Waals surface area contributed by atoms with Gasteiger partial charge in [-0.3, -0.25) is 0 Å². The first-order valence-corrected chi connectivity index (χ1v) is 8.29. The van der Waals surface area contributed by atoms with Crippen LogP contribution in [0.25, 0.3) is 0 Å². The molecule has 0 saturated heterocycles. The molecule has 2 rings (SSSR count). The maximum Gasteiger partial charge on any atom is 0.317 e. The summed E-state index contributed by atoms with van der Waals surface area (Å²) in [5, 5.41) is 17.0. The lowest BCUT2D eigenvalue weighted by molar-refractivity contribution is 0.0565. The van der Waals surface area contributed by atoms with Crippen molar-refractivity contribution in [3.8, 4) is 0 Å². The topological polar surface area (TPSA) is 52.6 Å². The van der Waals surface area contributed by atoms with E-state index in [1.165, 1.54) is 5.56 Å². The van der Waals surface area contributed by atoms with Crippen molar-refractivity contribution >= 4 is 17.4 Å². The Bertz CT molecular complexity index is 408. The van der Waals surface area contributed by atoms with Gasteiger partial charge in [-0.05, 0) is 41.7 Å². The van der Waals surface area contributed by atoms with E-state index in [4.69, 9.17) is 0 Å². The van der Waals surface area contributed by atoms with Crippen molar-refractivity contribution in [1.29, 1.82) is 0 Å². The maximum atomic E-state index is 12.0. The Morgan fingerprint density at radius 2 is 2.30 bits per heavy atom. The highest BCUT2D eigenvalue weighted by atomic mass is 32.1. The molecule has 2 atom stereocenters. The van der Waals surface area contributed by atoms with Crippen molar-refractivity contribution in [2.45, 2.75) is 38.2 Å². The molecule has 112 valence electrons. The average molecular weight is 296 g/mol. The Morgan fingerprint density at radius 3 is 3.00 bits per heavy atom. The van der Waals surface area contributed by atoms with Crippen LogP contribution in [0.15, 0.2) is 16.8 Å². The molecular formula is C15H24N2O2S. The molecule has 2 amide bonds. The Balaban J connectivity index is 1.68. The summed E-state index contributed by atoms with van der Waals surface area (Å²) in [7, 11) is 1.81. The van der Waals surface area contributed by atoms with E-state index in [-0.39, 0.29) is 18.1 Å². The zero-order chi connectivity index (χ0) is 14.4. The van der Waals surface area contributed by atoms with Gasteiger partial charge in [0.15, 0.2) is 0 Å². The fourth-order valence-corrected chi connectivity index (χ4v) is 3.42. The molecule has 20 heavy (non-hydrogen) atoms. The third kappa shape index (κ3) is 4.49. The number of aliphatic hydroxyl groups is 1. The average Bonchev–Trinajstić information content (AvgIpc) is 2.94. The van der Waals surface area contributed by atoms with Gasteiger partial charge in [-0.25, -0.2) is 4.79 Å². The minimum atomic E-state index is -0.246. The second-order valence-electron chi connectivity index (χ2n) is 5.61. The minimum absolute atomic E-state index is 0.0435. The summed E-state index contributed by atoms with van der Waals surface area (Å²) < 4.78 is 0. The van der Waals surface area contributed by atoms with E-state index in [1.54, 1.807) is 23.3 Å². The number of hydrogen-bond donors (Lipinski definition) is 2. The molecule has 1 saturated carbocycles. The molecule has 0 radical (unpaired) electrons. The highest BCUT2D eigenvalue weighted by Crippen LogP contribution is 2.24. The molecule has 1 aromatic heterocycles. The Morgan fingerprint density at radius 1 is 1.50 bits per heavy atom. The molecule has 2 N–H and O–H groups in total. The van der Waals surface area contributed by atoms with Gasteiger partial charge in [-0.2, -0.15) is 11.3 Å². The number of nitrogens with zero attached hydrogens (tertiary/aromatic N) is 1. The quantitative estimate of drug-likeness (QED) is 0.877. The van der Waals surface area contributed by atoms with Crippen molar-refractivity contribution in [2.75, 3.05) is 20.1 Å². The number of urea groups is 1. The molecule has 1 aliphatic rings. The summed E-state index contributed by atoms with van der Waals surface area (Å²) in [5.41, 5.74) is 1.26. The predicted octanol–water partition coefficient (Wildman–Crippen LogP) is 2.48. The minimum Gasteiger partial charge on any atom is -0.393 e. The summed E-state index contributed by atoms with van der Waals surface area (Å²) in [5.74, 6) is 0.233. The smallest absolute Gasteiger partial charge is 0.317 e. The molecule has 0 bridgehead atoms. The van der Waals surface area contributed by atoms with Crippen LogP contribution in [0.4, 0.5) is 4.79 Å². The van der Waals surface area contributed by atoms with Crippen LogP contribution in [0.1, 0.15) is 31.2 Å². The van der Waals surface area contributed by atoms with Gasteiger partial charge < -0.3 is 15.3 Å². The molecule has 1 fully saturated rings. The fourth-order valence-electron chi connectivity index (χ4n) is 2.72. The van der Waals surface area contributed by atoms with Crippen LogP contribution in [-0.2, 0) is 6.42 Å². The highest BCUT2D eigenvalue weighted by Gasteiger charge is 2.25. The summed E-state index contributed by atoms with van der Waals surface area (Å²) in [4.78, 5) is 13.7. The second kappa shape index (κ2) is 7.64. The largest absolute Gasteiger partial charge is 0.393 e. The van der Waals surface area contributed by atoms with Crippen LogP contribution in [-0.4, -0.2) is 42.3 Å². The molecule has 0 aliphatic heterocycles. The van der Waals surface area contributed by atoms with E-state index in [1.807, 2.05) is 5.38 Å². The summed E-state index contributed by atoms with van der Waals surface area (Å²) >= 11 is 1.68. The van der Waals surface area contributed by atoms with Gasteiger partial charge in [-0.1, -0.05) is 12.8 Å². The summed E-state index contributed by atoms with van der Waals surface area (Å²) in [6, 6.07) is 2.04. The SMILES string of the molecule is CN(C[C@H]1CCCC[C@@H]1O)C(=O)NCCc1ccsc1.